The number of carbonyl (C=O) groups excluding carboxylic acids is 1. The van der Waals surface area contributed by atoms with Gasteiger partial charge in [0.15, 0.2) is 6.61 Å². The van der Waals surface area contributed by atoms with Gasteiger partial charge in [0.25, 0.3) is 5.91 Å². The molecule has 0 atom stereocenters. The van der Waals surface area contributed by atoms with Crippen molar-refractivity contribution in [3.8, 4) is 11.5 Å². The number of aryl methyl sites for hydroxylation is 2. The summed E-state index contributed by atoms with van der Waals surface area (Å²) < 4.78 is 11.1. The zero-order chi connectivity index (χ0) is 16.8. The molecule has 0 spiro atoms. The van der Waals surface area contributed by atoms with Gasteiger partial charge in [-0.2, -0.15) is 0 Å². The maximum absolute atomic E-state index is 11.9. The molecule has 2 rings (SSSR count). The third-order valence-corrected chi connectivity index (χ3v) is 3.36. The Morgan fingerprint density at radius 2 is 1.65 bits per heavy atom. The summed E-state index contributed by atoms with van der Waals surface area (Å²) in [6.07, 6.45) is 0.127. The second-order valence-corrected chi connectivity index (χ2v) is 5.77. The van der Waals surface area contributed by atoms with E-state index in [9.17, 15) is 4.79 Å². The van der Waals surface area contributed by atoms with Gasteiger partial charge in [0.05, 0.1) is 6.10 Å². The maximum Gasteiger partial charge on any atom is 0.262 e. The molecule has 0 saturated heterocycles. The minimum atomic E-state index is -0.194. The van der Waals surface area contributed by atoms with E-state index in [1.807, 2.05) is 70.2 Å². The van der Waals surface area contributed by atoms with Crippen molar-refractivity contribution >= 4 is 11.6 Å². The second kappa shape index (κ2) is 7.68. The quantitative estimate of drug-likeness (QED) is 0.873. The fraction of sp³-hybridized carbons (Fsp3) is 0.316. The molecule has 1 N–H and O–H groups in total. The standard InChI is InChI=1S/C19H23NO3/c1-13(2)23-17-9-6-16(7-10-17)20-19(21)12-22-18-8-5-14(3)15(4)11-18/h5-11,13H,12H2,1-4H3,(H,20,21). The van der Waals surface area contributed by atoms with Crippen LogP contribution in [0, 0.1) is 13.8 Å². The molecule has 2 aromatic rings. The zero-order valence-electron chi connectivity index (χ0n) is 14.1. The van der Waals surface area contributed by atoms with Gasteiger partial charge in [-0.05, 0) is 75.2 Å². The van der Waals surface area contributed by atoms with E-state index in [1.54, 1.807) is 0 Å². The molecule has 0 saturated carbocycles. The lowest BCUT2D eigenvalue weighted by molar-refractivity contribution is -0.118. The van der Waals surface area contributed by atoms with E-state index in [0.717, 1.165) is 17.0 Å². The molecule has 4 nitrogen and oxygen atoms in total. The Morgan fingerprint density at radius 3 is 2.26 bits per heavy atom. The van der Waals surface area contributed by atoms with E-state index in [2.05, 4.69) is 5.32 Å². The first kappa shape index (κ1) is 16.9. The van der Waals surface area contributed by atoms with Crippen molar-refractivity contribution in [2.45, 2.75) is 33.8 Å². The highest BCUT2D eigenvalue weighted by Gasteiger charge is 2.05. The van der Waals surface area contributed by atoms with Gasteiger partial charge >= 0.3 is 0 Å². The lowest BCUT2D eigenvalue weighted by atomic mass is 10.1. The number of anilines is 1. The lowest BCUT2D eigenvalue weighted by Crippen LogP contribution is -2.20. The average molecular weight is 313 g/mol. The number of hydrogen-bond donors (Lipinski definition) is 1. The van der Waals surface area contributed by atoms with Crippen LogP contribution in [0.15, 0.2) is 42.5 Å². The first-order chi connectivity index (χ1) is 10.9. The van der Waals surface area contributed by atoms with Gasteiger partial charge in [0.1, 0.15) is 11.5 Å². The molecule has 4 heteroatoms. The van der Waals surface area contributed by atoms with Gasteiger partial charge in [0, 0.05) is 5.69 Å². The van der Waals surface area contributed by atoms with Gasteiger partial charge in [-0.1, -0.05) is 6.07 Å². The monoisotopic (exact) mass is 313 g/mol. The fourth-order valence-corrected chi connectivity index (χ4v) is 2.04. The minimum Gasteiger partial charge on any atom is -0.491 e. The van der Waals surface area contributed by atoms with E-state index >= 15 is 0 Å². The Kier molecular flexibility index (Phi) is 5.63. The lowest BCUT2D eigenvalue weighted by Gasteiger charge is -2.11. The van der Waals surface area contributed by atoms with E-state index in [4.69, 9.17) is 9.47 Å². The second-order valence-electron chi connectivity index (χ2n) is 5.77. The third-order valence-electron chi connectivity index (χ3n) is 3.36. The molecule has 2 aromatic carbocycles. The first-order valence-electron chi connectivity index (χ1n) is 7.70. The molecule has 0 aliphatic carbocycles. The Hall–Kier alpha value is -2.49. The summed E-state index contributed by atoms with van der Waals surface area (Å²) in [6, 6.07) is 13.1. The molecule has 0 aliphatic rings. The Morgan fingerprint density at radius 1 is 1.00 bits per heavy atom. The zero-order valence-corrected chi connectivity index (χ0v) is 14.1. The van der Waals surface area contributed by atoms with Gasteiger partial charge in [-0.15, -0.1) is 0 Å². The third kappa shape index (κ3) is 5.33. The Bertz CT molecular complexity index is 663. The molecule has 23 heavy (non-hydrogen) atoms. The molecule has 0 aliphatic heterocycles. The number of ether oxygens (including phenoxy) is 2. The van der Waals surface area contributed by atoms with Crippen molar-refractivity contribution in [3.63, 3.8) is 0 Å². The van der Waals surface area contributed by atoms with Crippen molar-refractivity contribution in [3.05, 3.63) is 53.6 Å². The normalized spacial score (nSPS) is 10.5. The fourth-order valence-electron chi connectivity index (χ4n) is 2.04. The van der Waals surface area contributed by atoms with Crippen LogP contribution in [0.3, 0.4) is 0 Å². The van der Waals surface area contributed by atoms with Crippen molar-refractivity contribution in [2.75, 3.05) is 11.9 Å². The molecular weight excluding hydrogens is 290 g/mol. The minimum absolute atomic E-state index is 0.0211. The summed E-state index contributed by atoms with van der Waals surface area (Å²) >= 11 is 0. The highest BCUT2D eigenvalue weighted by Crippen LogP contribution is 2.18. The smallest absolute Gasteiger partial charge is 0.262 e. The van der Waals surface area contributed by atoms with E-state index in [1.165, 1.54) is 5.56 Å². The molecule has 0 heterocycles. The van der Waals surface area contributed by atoms with Crippen molar-refractivity contribution in [1.29, 1.82) is 0 Å². The van der Waals surface area contributed by atoms with Gasteiger partial charge in [0.2, 0.25) is 0 Å². The number of rotatable bonds is 6. The van der Waals surface area contributed by atoms with Crippen molar-refractivity contribution in [2.24, 2.45) is 0 Å². The number of amides is 1. The molecule has 122 valence electrons. The summed E-state index contributed by atoms with van der Waals surface area (Å²) in [5.74, 6) is 1.29. The number of carbonyl (C=O) groups is 1. The molecule has 0 fully saturated rings. The molecule has 1 amide bonds. The van der Waals surface area contributed by atoms with Crippen LogP contribution in [-0.4, -0.2) is 18.6 Å². The van der Waals surface area contributed by atoms with Crippen LogP contribution in [0.5, 0.6) is 11.5 Å². The Balaban J connectivity index is 1.85. The SMILES string of the molecule is Cc1ccc(OCC(=O)Nc2ccc(OC(C)C)cc2)cc1C. The largest absolute Gasteiger partial charge is 0.491 e. The number of benzene rings is 2. The first-order valence-corrected chi connectivity index (χ1v) is 7.70. The van der Waals surface area contributed by atoms with Crippen molar-refractivity contribution < 1.29 is 14.3 Å². The molecule has 0 aromatic heterocycles. The van der Waals surface area contributed by atoms with Gasteiger partial charge < -0.3 is 14.8 Å². The number of nitrogens with one attached hydrogen (secondary N) is 1. The Labute approximate surface area is 137 Å². The van der Waals surface area contributed by atoms with Crippen LogP contribution in [0.4, 0.5) is 5.69 Å². The van der Waals surface area contributed by atoms with Crippen LogP contribution in [0.2, 0.25) is 0 Å². The molecular formula is C19H23NO3. The predicted octanol–water partition coefficient (Wildman–Crippen LogP) is 4.11. The summed E-state index contributed by atoms with van der Waals surface area (Å²) in [6.45, 7) is 7.98. The van der Waals surface area contributed by atoms with Crippen LogP contribution in [0.25, 0.3) is 0 Å². The molecule has 0 bridgehead atoms. The summed E-state index contributed by atoms with van der Waals surface area (Å²) in [5.41, 5.74) is 3.06. The van der Waals surface area contributed by atoms with Gasteiger partial charge in [-0.3, -0.25) is 4.79 Å². The predicted molar refractivity (Wildman–Crippen MR) is 92.2 cm³/mol. The topological polar surface area (TPSA) is 47.6 Å². The molecule has 0 radical (unpaired) electrons. The van der Waals surface area contributed by atoms with Crippen LogP contribution in [0.1, 0.15) is 25.0 Å². The van der Waals surface area contributed by atoms with Crippen LogP contribution < -0.4 is 14.8 Å². The summed E-state index contributed by atoms with van der Waals surface area (Å²) in [7, 11) is 0. The molecule has 0 unspecified atom stereocenters. The summed E-state index contributed by atoms with van der Waals surface area (Å²) in [5, 5.41) is 2.80. The van der Waals surface area contributed by atoms with E-state index < -0.39 is 0 Å². The van der Waals surface area contributed by atoms with Crippen LogP contribution >= 0.6 is 0 Å². The van der Waals surface area contributed by atoms with E-state index in [0.29, 0.717) is 5.75 Å². The highest BCUT2D eigenvalue weighted by molar-refractivity contribution is 5.91. The average Bonchev–Trinajstić information content (AvgIpc) is 2.50. The van der Waals surface area contributed by atoms with Crippen molar-refractivity contribution in [1.82, 2.24) is 0 Å². The van der Waals surface area contributed by atoms with E-state index in [-0.39, 0.29) is 18.6 Å². The van der Waals surface area contributed by atoms with Crippen LogP contribution in [-0.2, 0) is 4.79 Å². The maximum atomic E-state index is 11.9. The number of hydrogen-bond acceptors (Lipinski definition) is 3. The van der Waals surface area contributed by atoms with Gasteiger partial charge in [-0.25, -0.2) is 0 Å². The highest BCUT2D eigenvalue weighted by atomic mass is 16.5. The summed E-state index contributed by atoms with van der Waals surface area (Å²) in [4.78, 5) is 11.9.